The van der Waals surface area contributed by atoms with Gasteiger partial charge in [0.15, 0.2) is 5.58 Å². The number of aromatic nitrogens is 1. The summed E-state index contributed by atoms with van der Waals surface area (Å²) >= 11 is 12.4. The van der Waals surface area contributed by atoms with Crippen molar-refractivity contribution in [3.05, 3.63) is 88.9 Å². The van der Waals surface area contributed by atoms with Gasteiger partial charge in [0.25, 0.3) is 10.0 Å². The lowest BCUT2D eigenvalue weighted by Crippen LogP contribution is -2.33. The summed E-state index contributed by atoms with van der Waals surface area (Å²) in [4.78, 5) is 4.43. The zero-order chi connectivity index (χ0) is 28.5. The third kappa shape index (κ3) is 5.63. The second-order valence-electron chi connectivity index (χ2n) is 8.72. The fourth-order valence-electron chi connectivity index (χ4n) is 4.43. The van der Waals surface area contributed by atoms with E-state index < -0.39 is 23.9 Å². The van der Waals surface area contributed by atoms with Crippen LogP contribution in [0.5, 0.6) is 0 Å². The topological polar surface area (TPSA) is 98.9 Å². The van der Waals surface area contributed by atoms with Crippen molar-refractivity contribution in [2.45, 2.75) is 18.7 Å². The Bertz CT molecular complexity index is 1800. The Morgan fingerprint density at radius 3 is 2.23 bits per heavy atom. The van der Waals surface area contributed by atoms with E-state index >= 15 is 0 Å². The van der Waals surface area contributed by atoms with Crippen LogP contribution in [0.2, 0.25) is 10.0 Å². The van der Waals surface area contributed by atoms with Crippen molar-refractivity contribution in [2.24, 2.45) is 0 Å². The Morgan fingerprint density at radius 2 is 1.55 bits per heavy atom. The molecule has 0 radical (unpaired) electrons. The first-order valence-electron chi connectivity index (χ1n) is 12.4. The normalized spacial score (nSPS) is 12.3. The minimum Gasteiger partial charge on any atom is -0.436 e. The summed E-state index contributed by atoms with van der Waals surface area (Å²) in [6.45, 7) is 3.40. The predicted molar refractivity (Wildman–Crippen MR) is 159 cm³/mol. The van der Waals surface area contributed by atoms with E-state index in [9.17, 15) is 13.0 Å². The van der Waals surface area contributed by atoms with E-state index in [0.29, 0.717) is 22.0 Å². The van der Waals surface area contributed by atoms with Crippen LogP contribution in [0.1, 0.15) is 13.8 Å². The van der Waals surface area contributed by atoms with Crippen molar-refractivity contribution in [1.29, 1.82) is 0 Å². The van der Waals surface area contributed by atoms with Gasteiger partial charge in [-0.3, -0.25) is 8.87 Å². The van der Waals surface area contributed by atoms with Gasteiger partial charge < -0.3 is 13.5 Å². The van der Waals surface area contributed by atoms with E-state index in [2.05, 4.69) is 4.98 Å². The van der Waals surface area contributed by atoms with Crippen molar-refractivity contribution in [2.75, 3.05) is 23.8 Å². The molecule has 8 nitrogen and oxygen atoms in total. The number of anilines is 1. The van der Waals surface area contributed by atoms with Gasteiger partial charge in [0.1, 0.15) is 11.8 Å². The van der Waals surface area contributed by atoms with Crippen molar-refractivity contribution < 1.29 is 26.4 Å². The molecule has 0 fully saturated rings. The number of fused-ring (bicyclic) bond motifs is 2. The Morgan fingerprint density at radius 1 is 0.900 bits per heavy atom. The van der Waals surface area contributed by atoms with Gasteiger partial charge in [-0.15, -0.1) is 0 Å². The molecule has 0 unspecified atom stereocenters. The minimum absolute atomic E-state index is 0.0433. The third-order valence-electron chi connectivity index (χ3n) is 6.05. The van der Waals surface area contributed by atoms with Crippen LogP contribution in [-0.2, 0) is 23.6 Å². The highest BCUT2D eigenvalue weighted by Crippen LogP contribution is 2.52. The highest BCUT2D eigenvalue weighted by molar-refractivity contribution is 7.93. The number of para-hydroxylation sites is 2. The Hall–Kier alpha value is -2.91. The molecule has 0 aliphatic heterocycles. The molecule has 0 aliphatic carbocycles. The largest absolute Gasteiger partial charge is 0.436 e. The van der Waals surface area contributed by atoms with Crippen LogP contribution in [0.25, 0.3) is 33.3 Å². The zero-order valence-electron chi connectivity index (χ0n) is 21.6. The van der Waals surface area contributed by atoms with Gasteiger partial charge in [0.2, 0.25) is 5.89 Å². The predicted octanol–water partition coefficient (Wildman–Crippen LogP) is 8.37. The molecule has 5 rings (SSSR count). The van der Waals surface area contributed by atoms with Gasteiger partial charge in [0.05, 0.1) is 29.4 Å². The van der Waals surface area contributed by atoms with E-state index in [1.54, 1.807) is 44.2 Å². The molecule has 4 aromatic carbocycles. The average Bonchev–Trinajstić information content (AvgIpc) is 3.35. The molecule has 0 saturated heterocycles. The van der Waals surface area contributed by atoms with E-state index in [4.69, 9.17) is 36.7 Å². The van der Waals surface area contributed by atoms with Crippen LogP contribution in [0.3, 0.4) is 0 Å². The molecule has 0 saturated carbocycles. The molecule has 208 valence electrons. The van der Waals surface area contributed by atoms with Gasteiger partial charge >= 0.3 is 7.60 Å². The summed E-state index contributed by atoms with van der Waals surface area (Å²) in [5.74, 6) is 0.189. The van der Waals surface area contributed by atoms with Crippen LogP contribution in [0.4, 0.5) is 5.69 Å². The van der Waals surface area contributed by atoms with Gasteiger partial charge in [-0.25, -0.2) is 13.4 Å². The van der Waals surface area contributed by atoms with Crippen LogP contribution >= 0.6 is 30.8 Å². The Labute approximate surface area is 242 Å². The fourth-order valence-corrected chi connectivity index (χ4v) is 8.84. The lowest BCUT2D eigenvalue weighted by Gasteiger charge is -2.30. The van der Waals surface area contributed by atoms with E-state index in [1.165, 1.54) is 18.2 Å². The molecule has 12 heteroatoms. The van der Waals surface area contributed by atoms with Crippen molar-refractivity contribution >= 4 is 68.4 Å². The smallest absolute Gasteiger partial charge is 0.350 e. The molecule has 0 amide bonds. The Balaban J connectivity index is 1.84. The first kappa shape index (κ1) is 28.6. The number of nitrogens with zero attached hydrogens (tertiary/aromatic N) is 2. The first-order chi connectivity index (χ1) is 19.1. The maximum Gasteiger partial charge on any atom is 0.350 e. The Kier molecular flexibility index (Phi) is 8.25. The summed E-state index contributed by atoms with van der Waals surface area (Å²) in [6, 6.07) is 22.0. The van der Waals surface area contributed by atoms with Crippen LogP contribution in [0, 0.1) is 0 Å². The molecule has 40 heavy (non-hydrogen) atoms. The van der Waals surface area contributed by atoms with Gasteiger partial charge in [-0.2, -0.15) is 0 Å². The van der Waals surface area contributed by atoms with Crippen LogP contribution in [0.15, 0.2) is 88.2 Å². The monoisotopic (exact) mass is 618 g/mol. The molecular weight excluding hydrogens is 594 g/mol. The van der Waals surface area contributed by atoms with Crippen LogP contribution in [-0.4, -0.2) is 32.9 Å². The number of sulfonamides is 1. The number of oxazole rings is 1. The molecule has 0 atom stereocenters. The first-order valence-corrected chi connectivity index (χ1v) is 16.3. The second kappa shape index (κ2) is 11.5. The number of hydrogen-bond donors (Lipinski definition) is 0. The molecule has 5 aromatic rings. The molecule has 0 bridgehead atoms. The quantitative estimate of drug-likeness (QED) is 0.145. The van der Waals surface area contributed by atoms with E-state index in [0.717, 1.165) is 9.69 Å². The molecule has 0 spiro atoms. The average molecular weight is 619 g/mol. The molecular formula is C28H25Cl2N2O6PS. The van der Waals surface area contributed by atoms with Crippen molar-refractivity contribution in [3.8, 4) is 11.5 Å². The summed E-state index contributed by atoms with van der Waals surface area (Å²) in [5.41, 5.74) is 1.69. The molecule has 0 N–H and O–H groups in total. The summed E-state index contributed by atoms with van der Waals surface area (Å²) in [5, 5.41) is 1.55. The highest BCUT2D eigenvalue weighted by atomic mass is 35.5. The SMILES string of the molecule is CCOP(=O)(CN(c1c(-c2nc3ccccc3o2)ccc2ccccc12)S(=O)(=O)c1cc(Cl)cc(Cl)c1)OCC. The van der Waals surface area contributed by atoms with Crippen LogP contribution < -0.4 is 4.31 Å². The summed E-state index contributed by atoms with van der Waals surface area (Å²) in [6.07, 6.45) is -0.623. The maximum atomic E-state index is 14.4. The molecule has 1 heterocycles. The van der Waals surface area contributed by atoms with Gasteiger partial charge in [0, 0.05) is 15.4 Å². The number of benzene rings is 4. The molecule has 1 aromatic heterocycles. The van der Waals surface area contributed by atoms with Crippen molar-refractivity contribution in [3.63, 3.8) is 0 Å². The van der Waals surface area contributed by atoms with E-state index in [1.807, 2.05) is 30.3 Å². The highest BCUT2D eigenvalue weighted by Gasteiger charge is 2.38. The van der Waals surface area contributed by atoms with Gasteiger partial charge in [-0.1, -0.05) is 65.7 Å². The van der Waals surface area contributed by atoms with Crippen molar-refractivity contribution in [1.82, 2.24) is 4.98 Å². The number of hydrogen-bond acceptors (Lipinski definition) is 7. The lowest BCUT2D eigenvalue weighted by atomic mass is 10.0. The second-order valence-corrected chi connectivity index (χ2v) is 13.5. The van der Waals surface area contributed by atoms with Gasteiger partial charge in [-0.05, 0) is 55.6 Å². The summed E-state index contributed by atoms with van der Waals surface area (Å²) in [7, 11) is -8.43. The zero-order valence-corrected chi connectivity index (χ0v) is 24.8. The standard InChI is InChI=1S/C28H25Cl2N2O6PS/c1-3-36-39(33,37-4-2)18-32(40(34,35)22-16-20(29)15-21(30)17-22)27-23-10-6-5-9-19(23)13-14-24(27)28-31-25-11-7-8-12-26(25)38-28/h5-17H,3-4,18H2,1-2H3. The number of rotatable bonds is 10. The summed E-state index contributed by atoms with van der Waals surface area (Å²) < 4.78 is 61.0. The third-order valence-corrected chi connectivity index (χ3v) is 10.3. The number of halogens is 2. The fraction of sp³-hybridized carbons (Fsp3) is 0.179. The minimum atomic E-state index is -4.46. The molecule has 0 aliphatic rings. The van der Waals surface area contributed by atoms with E-state index in [-0.39, 0.29) is 39.7 Å². The maximum absolute atomic E-state index is 14.4. The lowest BCUT2D eigenvalue weighted by molar-refractivity contribution is 0.221.